The number of aliphatic carboxylic acids is 1. The van der Waals surface area contributed by atoms with Crippen molar-refractivity contribution in [3.63, 3.8) is 0 Å². The molecule has 0 heterocycles. The van der Waals surface area contributed by atoms with Gasteiger partial charge in [-0.1, -0.05) is 25.0 Å². The van der Waals surface area contributed by atoms with Crippen LogP contribution in [0.2, 0.25) is 0 Å². The number of rotatable bonds is 8. The first-order chi connectivity index (χ1) is 7.47. The number of carboxylic acid groups (broad SMARTS) is 1. The van der Waals surface area contributed by atoms with E-state index in [0.29, 0.717) is 17.9 Å². The Morgan fingerprint density at radius 3 is 2.44 bits per heavy atom. The second-order valence-corrected chi connectivity index (χ2v) is 4.61. The van der Waals surface area contributed by atoms with Crippen molar-refractivity contribution >= 4 is 5.97 Å². The maximum absolute atomic E-state index is 10.8. The van der Waals surface area contributed by atoms with Crippen molar-refractivity contribution in [2.45, 2.75) is 52.9 Å². The fraction of sp³-hybridized carbons (Fsp3) is 0.643. The summed E-state index contributed by atoms with van der Waals surface area (Å²) in [6, 6.07) is 0. The van der Waals surface area contributed by atoms with E-state index >= 15 is 0 Å². The molecular formula is C14H24O2. The average molecular weight is 224 g/mol. The van der Waals surface area contributed by atoms with Gasteiger partial charge >= 0.3 is 5.97 Å². The monoisotopic (exact) mass is 224 g/mol. The van der Waals surface area contributed by atoms with Gasteiger partial charge < -0.3 is 5.11 Å². The molecule has 0 saturated carbocycles. The summed E-state index contributed by atoms with van der Waals surface area (Å²) < 4.78 is 0. The molecule has 0 aliphatic heterocycles. The molecule has 0 aliphatic rings. The maximum atomic E-state index is 10.8. The van der Waals surface area contributed by atoms with E-state index in [-0.39, 0.29) is 0 Å². The molecule has 1 N–H and O–H groups in total. The molecule has 0 aromatic carbocycles. The zero-order valence-corrected chi connectivity index (χ0v) is 10.8. The van der Waals surface area contributed by atoms with Crippen molar-refractivity contribution in [1.29, 1.82) is 0 Å². The molecule has 16 heavy (non-hydrogen) atoms. The summed E-state index contributed by atoms with van der Waals surface area (Å²) in [4.78, 5) is 10.8. The lowest BCUT2D eigenvalue weighted by Gasteiger charge is -2.11. The largest absolute Gasteiger partial charge is 0.478 e. The number of hydrogen-bond acceptors (Lipinski definition) is 1. The summed E-state index contributed by atoms with van der Waals surface area (Å²) in [6.07, 6.45) is 6.74. The van der Waals surface area contributed by atoms with Crippen molar-refractivity contribution in [2.75, 3.05) is 0 Å². The molecule has 0 bridgehead atoms. The van der Waals surface area contributed by atoms with Crippen LogP contribution in [0.3, 0.4) is 0 Å². The number of carbonyl (C=O) groups is 1. The molecule has 2 heteroatoms. The second-order valence-electron chi connectivity index (χ2n) is 4.61. The van der Waals surface area contributed by atoms with E-state index in [1.807, 2.05) is 6.92 Å². The minimum Gasteiger partial charge on any atom is -0.478 e. The molecule has 1 atom stereocenters. The van der Waals surface area contributed by atoms with Gasteiger partial charge in [-0.25, -0.2) is 4.79 Å². The molecule has 0 rings (SSSR count). The predicted octanol–water partition coefficient (Wildman–Crippen LogP) is 4.18. The summed E-state index contributed by atoms with van der Waals surface area (Å²) >= 11 is 0. The van der Waals surface area contributed by atoms with E-state index in [0.717, 1.165) is 25.7 Å². The van der Waals surface area contributed by atoms with Gasteiger partial charge in [-0.3, -0.25) is 0 Å². The lowest BCUT2D eigenvalue weighted by molar-refractivity contribution is -0.132. The summed E-state index contributed by atoms with van der Waals surface area (Å²) in [5.74, 6) is -0.190. The van der Waals surface area contributed by atoms with Gasteiger partial charge in [0.05, 0.1) is 0 Å². The summed E-state index contributed by atoms with van der Waals surface area (Å²) in [5.41, 5.74) is 1.76. The molecule has 0 aromatic heterocycles. The SMILES string of the molecule is C=C(C)CCCC(C)CC/C(=C\C)C(=O)O. The average Bonchev–Trinajstić information content (AvgIpc) is 2.17. The predicted molar refractivity (Wildman–Crippen MR) is 68.5 cm³/mol. The Morgan fingerprint density at radius 2 is 2.00 bits per heavy atom. The summed E-state index contributed by atoms with van der Waals surface area (Å²) in [5, 5.41) is 8.86. The van der Waals surface area contributed by atoms with Crippen LogP contribution in [0, 0.1) is 5.92 Å². The lowest BCUT2D eigenvalue weighted by atomic mass is 9.95. The second kappa shape index (κ2) is 8.14. The Morgan fingerprint density at radius 1 is 1.38 bits per heavy atom. The van der Waals surface area contributed by atoms with Crippen molar-refractivity contribution < 1.29 is 9.90 Å². The van der Waals surface area contributed by atoms with Crippen LogP contribution in [0.25, 0.3) is 0 Å². The molecule has 2 nitrogen and oxygen atoms in total. The highest BCUT2D eigenvalue weighted by Gasteiger charge is 2.08. The zero-order chi connectivity index (χ0) is 12.6. The smallest absolute Gasteiger partial charge is 0.331 e. The molecule has 1 unspecified atom stereocenters. The lowest BCUT2D eigenvalue weighted by Crippen LogP contribution is -2.03. The van der Waals surface area contributed by atoms with Gasteiger partial charge in [0.15, 0.2) is 0 Å². The molecule has 0 saturated heterocycles. The zero-order valence-electron chi connectivity index (χ0n) is 10.8. The van der Waals surface area contributed by atoms with Gasteiger partial charge in [-0.05, 0) is 45.4 Å². The molecular weight excluding hydrogens is 200 g/mol. The fourth-order valence-corrected chi connectivity index (χ4v) is 1.67. The third-order valence-corrected chi connectivity index (χ3v) is 2.83. The van der Waals surface area contributed by atoms with Gasteiger partial charge in [0, 0.05) is 5.57 Å². The molecule has 0 spiro atoms. The van der Waals surface area contributed by atoms with Crippen molar-refractivity contribution in [2.24, 2.45) is 5.92 Å². The van der Waals surface area contributed by atoms with Gasteiger partial charge in [0.25, 0.3) is 0 Å². The maximum Gasteiger partial charge on any atom is 0.331 e. The van der Waals surface area contributed by atoms with Crippen LogP contribution in [0.1, 0.15) is 52.9 Å². The minimum absolute atomic E-state index is 0.534. The van der Waals surface area contributed by atoms with Crippen LogP contribution in [-0.2, 0) is 4.79 Å². The van der Waals surface area contributed by atoms with Gasteiger partial charge in [-0.15, -0.1) is 6.58 Å². The summed E-state index contributed by atoms with van der Waals surface area (Å²) in [7, 11) is 0. The Kier molecular flexibility index (Phi) is 7.61. The molecule has 92 valence electrons. The third-order valence-electron chi connectivity index (χ3n) is 2.83. The Bertz CT molecular complexity index is 264. The van der Waals surface area contributed by atoms with Crippen LogP contribution in [0.5, 0.6) is 0 Å². The van der Waals surface area contributed by atoms with Gasteiger partial charge in [0.2, 0.25) is 0 Å². The standard InChI is InChI=1S/C14H24O2/c1-5-13(14(15)16)10-9-12(4)8-6-7-11(2)3/h5,12H,2,6-10H2,1,3-4H3,(H,15,16)/b13-5+. The van der Waals surface area contributed by atoms with Crippen LogP contribution in [0.15, 0.2) is 23.8 Å². The molecule has 0 aromatic rings. The molecule has 0 radical (unpaired) electrons. The topological polar surface area (TPSA) is 37.3 Å². The normalized spacial score (nSPS) is 13.6. The first kappa shape index (κ1) is 14.9. The molecule has 0 fully saturated rings. The van der Waals surface area contributed by atoms with Crippen LogP contribution < -0.4 is 0 Å². The van der Waals surface area contributed by atoms with Crippen molar-refractivity contribution in [3.05, 3.63) is 23.8 Å². The van der Waals surface area contributed by atoms with E-state index in [9.17, 15) is 4.79 Å². The minimum atomic E-state index is -0.781. The number of hydrogen-bond donors (Lipinski definition) is 1. The first-order valence-electron chi connectivity index (χ1n) is 6.00. The number of carboxylic acids is 1. The Balaban J connectivity index is 3.76. The van der Waals surface area contributed by atoms with Crippen LogP contribution in [0.4, 0.5) is 0 Å². The molecule has 0 aliphatic carbocycles. The first-order valence-corrected chi connectivity index (χ1v) is 6.00. The van der Waals surface area contributed by atoms with E-state index in [2.05, 4.69) is 13.5 Å². The van der Waals surface area contributed by atoms with Crippen molar-refractivity contribution in [1.82, 2.24) is 0 Å². The van der Waals surface area contributed by atoms with Gasteiger partial charge in [-0.2, -0.15) is 0 Å². The Hall–Kier alpha value is -1.05. The van der Waals surface area contributed by atoms with E-state index in [1.54, 1.807) is 13.0 Å². The van der Waals surface area contributed by atoms with E-state index in [4.69, 9.17) is 5.11 Å². The van der Waals surface area contributed by atoms with E-state index < -0.39 is 5.97 Å². The fourth-order valence-electron chi connectivity index (χ4n) is 1.67. The number of allylic oxidation sites excluding steroid dienone is 2. The Labute approximate surface area is 99.1 Å². The highest BCUT2D eigenvalue weighted by Crippen LogP contribution is 2.18. The highest BCUT2D eigenvalue weighted by molar-refractivity contribution is 5.86. The van der Waals surface area contributed by atoms with E-state index in [1.165, 1.54) is 5.57 Å². The van der Waals surface area contributed by atoms with Gasteiger partial charge in [0.1, 0.15) is 0 Å². The highest BCUT2D eigenvalue weighted by atomic mass is 16.4. The quantitative estimate of drug-likeness (QED) is 0.496. The third kappa shape index (κ3) is 7.27. The van der Waals surface area contributed by atoms with Crippen LogP contribution in [-0.4, -0.2) is 11.1 Å². The summed E-state index contributed by atoms with van der Waals surface area (Å²) in [6.45, 7) is 9.90. The van der Waals surface area contributed by atoms with Crippen LogP contribution >= 0.6 is 0 Å². The molecule has 0 amide bonds. The van der Waals surface area contributed by atoms with Crippen molar-refractivity contribution in [3.8, 4) is 0 Å².